The number of fused-ring (bicyclic) bond motifs is 1. The summed E-state index contributed by atoms with van der Waals surface area (Å²) in [5.74, 6) is 0.935. The largest absolute Gasteiger partial charge is 0.294 e. The van der Waals surface area contributed by atoms with E-state index in [1.165, 1.54) is 4.88 Å². The van der Waals surface area contributed by atoms with E-state index in [2.05, 4.69) is 26.5 Å². The van der Waals surface area contributed by atoms with Crippen molar-refractivity contribution in [2.75, 3.05) is 0 Å². The Labute approximate surface area is 144 Å². The lowest BCUT2D eigenvalue weighted by atomic mass is 9.85. The van der Waals surface area contributed by atoms with Crippen molar-refractivity contribution in [3.05, 3.63) is 56.8 Å². The number of nitrogens with zero attached hydrogens (tertiary/aromatic N) is 4. The highest BCUT2D eigenvalue weighted by molar-refractivity contribution is 7.10. The molecule has 0 radical (unpaired) electrons. The molecule has 1 aliphatic carbocycles. The fourth-order valence-corrected chi connectivity index (χ4v) is 4.28. The lowest BCUT2D eigenvalue weighted by molar-refractivity contribution is 0.0963. The average molecular weight is 338 g/mol. The first kappa shape index (κ1) is 15.2. The summed E-state index contributed by atoms with van der Waals surface area (Å²) in [6.07, 6.45) is 1.34. The van der Waals surface area contributed by atoms with Crippen LogP contribution in [0.1, 0.15) is 50.3 Å². The van der Waals surface area contributed by atoms with Crippen LogP contribution in [0.3, 0.4) is 0 Å². The number of thiophene rings is 1. The van der Waals surface area contributed by atoms with Crippen molar-refractivity contribution in [3.63, 3.8) is 0 Å². The van der Waals surface area contributed by atoms with E-state index in [-0.39, 0.29) is 11.7 Å². The van der Waals surface area contributed by atoms with Gasteiger partial charge in [0.25, 0.3) is 5.95 Å². The van der Waals surface area contributed by atoms with Gasteiger partial charge >= 0.3 is 0 Å². The lowest BCUT2D eigenvalue weighted by Crippen LogP contribution is -2.20. The molecule has 3 heterocycles. The maximum atomic E-state index is 12.7. The molecule has 0 saturated heterocycles. The summed E-state index contributed by atoms with van der Waals surface area (Å²) in [5.41, 5.74) is 4.26. The first-order valence-corrected chi connectivity index (χ1v) is 8.88. The maximum Gasteiger partial charge on any atom is 0.251 e. The monoisotopic (exact) mass is 338 g/mol. The van der Waals surface area contributed by atoms with E-state index in [0.29, 0.717) is 12.4 Å². The van der Waals surface area contributed by atoms with Crippen LogP contribution in [-0.4, -0.2) is 25.5 Å². The van der Waals surface area contributed by atoms with Crippen LogP contribution in [-0.2, 0) is 6.42 Å². The summed E-state index contributed by atoms with van der Waals surface area (Å²) < 4.78 is 1.77. The number of rotatable bonds is 2. The number of aryl methyl sites for hydroxylation is 3. The smallest absolute Gasteiger partial charge is 0.251 e. The van der Waals surface area contributed by atoms with Crippen molar-refractivity contribution in [1.29, 1.82) is 0 Å². The molecule has 6 heteroatoms. The molecule has 24 heavy (non-hydrogen) atoms. The van der Waals surface area contributed by atoms with Gasteiger partial charge in [-0.1, -0.05) is 6.07 Å². The Hall–Kier alpha value is -2.34. The summed E-state index contributed by atoms with van der Waals surface area (Å²) >= 11 is 1.71. The van der Waals surface area contributed by atoms with Gasteiger partial charge < -0.3 is 0 Å². The quantitative estimate of drug-likeness (QED) is 0.717. The first-order valence-electron chi connectivity index (χ1n) is 8.00. The fraction of sp³-hybridized carbons (Fsp3) is 0.333. The molecule has 122 valence electrons. The minimum absolute atomic E-state index is 0.169. The Kier molecular flexibility index (Phi) is 3.57. The molecule has 0 aliphatic heterocycles. The van der Waals surface area contributed by atoms with Gasteiger partial charge in [-0.25, -0.2) is 14.6 Å². The normalized spacial score (nSPS) is 17.1. The van der Waals surface area contributed by atoms with Crippen molar-refractivity contribution in [1.82, 2.24) is 19.7 Å². The molecule has 0 amide bonds. The summed E-state index contributed by atoms with van der Waals surface area (Å²) in [6, 6.07) is 6.08. The molecule has 1 unspecified atom stereocenters. The van der Waals surface area contributed by atoms with Gasteiger partial charge in [0.15, 0.2) is 5.78 Å². The third-order valence-electron chi connectivity index (χ3n) is 4.41. The Bertz CT molecular complexity index is 907. The highest BCUT2D eigenvalue weighted by Gasteiger charge is 2.33. The topological polar surface area (TPSA) is 60.7 Å². The number of hydrogen-bond acceptors (Lipinski definition) is 5. The predicted octanol–water partition coefficient (Wildman–Crippen LogP) is 3.56. The molecule has 1 atom stereocenters. The van der Waals surface area contributed by atoms with Crippen LogP contribution in [0, 0.1) is 20.8 Å². The number of aromatic nitrogens is 4. The second-order valence-corrected chi connectivity index (χ2v) is 7.29. The third-order valence-corrected chi connectivity index (χ3v) is 5.45. The van der Waals surface area contributed by atoms with E-state index in [1.807, 2.05) is 32.9 Å². The van der Waals surface area contributed by atoms with Crippen LogP contribution >= 0.6 is 11.3 Å². The van der Waals surface area contributed by atoms with Gasteiger partial charge in [-0.3, -0.25) is 4.79 Å². The molecule has 0 saturated carbocycles. The molecule has 0 bridgehead atoms. The predicted molar refractivity (Wildman–Crippen MR) is 93.1 cm³/mol. The maximum absolute atomic E-state index is 12.7. The van der Waals surface area contributed by atoms with E-state index < -0.39 is 0 Å². The number of ketones is 1. The molecule has 4 rings (SSSR count). The number of Topliss-reactive ketones (excluding diaryl/α,β-unsaturated/α-hetero) is 1. The Morgan fingerprint density at radius 1 is 1.17 bits per heavy atom. The molecular formula is C18H18N4OS. The van der Waals surface area contributed by atoms with Crippen molar-refractivity contribution in [3.8, 4) is 5.95 Å². The molecule has 0 spiro atoms. The number of carbonyl (C=O) groups excluding carboxylic acids is 1. The summed E-state index contributed by atoms with van der Waals surface area (Å²) in [6.45, 7) is 5.78. The molecule has 3 aromatic heterocycles. The van der Waals surface area contributed by atoms with E-state index in [4.69, 9.17) is 0 Å². The molecule has 0 aromatic carbocycles. The summed E-state index contributed by atoms with van der Waals surface area (Å²) in [4.78, 5) is 23.0. The zero-order chi connectivity index (χ0) is 16.8. The van der Waals surface area contributed by atoms with Crippen molar-refractivity contribution >= 4 is 17.1 Å². The number of hydrogen-bond donors (Lipinski definition) is 0. The van der Waals surface area contributed by atoms with Gasteiger partial charge in [0.05, 0.1) is 17.0 Å². The van der Waals surface area contributed by atoms with Gasteiger partial charge in [-0.2, -0.15) is 5.10 Å². The molecule has 0 N–H and O–H groups in total. The minimum atomic E-state index is 0.169. The van der Waals surface area contributed by atoms with Crippen molar-refractivity contribution < 1.29 is 4.79 Å². The lowest BCUT2D eigenvalue weighted by Gasteiger charge is -2.21. The molecule has 0 fully saturated rings. The Morgan fingerprint density at radius 2 is 1.92 bits per heavy atom. The van der Waals surface area contributed by atoms with E-state index in [0.717, 1.165) is 34.8 Å². The van der Waals surface area contributed by atoms with Gasteiger partial charge in [0.2, 0.25) is 0 Å². The van der Waals surface area contributed by atoms with Gasteiger partial charge in [-0.15, -0.1) is 11.3 Å². The second kappa shape index (κ2) is 5.63. The number of carbonyl (C=O) groups is 1. The average Bonchev–Trinajstić information content (AvgIpc) is 3.14. The highest BCUT2D eigenvalue weighted by atomic mass is 32.1. The Morgan fingerprint density at radius 3 is 2.58 bits per heavy atom. The van der Waals surface area contributed by atoms with Crippen LogP contribution in [0.5, 0.6) is 0 Å². The first-order chi connectivity index (χ1) is 11.5. The van der Waals surface area contributed by atoms with Gasteiger partial charge in [-0.05, 0) is 44.7 Å². The van der Waals surface area contributed by atoms with Crippen LogP contribution in [0.2, 0.25) is 0 Å². The van der Waals surface area contributed by atoms with Gasteiger partial charge in [0.1, 0.15) is 0 Å². The minimum Gasteiger partial charge on any atom is -0.294 e. The van der Waals surface area contributed by atoms with E-state index in [9.17, 15) is 4.79 Å². The van der Waals surface area contributed by atoms with Crippen LogP contribution < -0.4 is 0 Å². The molecule has 5 nitrogen and oxygen atoms in total. The van der Waals surface area contributed by atoms with E-state index >= 15 is 0 Å². The van der Waals surface area contributed by atoms with Crippen LogP contribution in [0.25, 0.3) is 5.95 Å². The molecule has 1 aliphatic rings. The SMILES string of the molecule is Cc1cc(C)nc(-n2nc(C)c3c2CC(c2cccs2)CC3=O)n1. The van der Waals surface area contributed by atoms with Crippen LogP contribution in [0.4, 0.5) is 0 Å². The zero-order valence-electron chi connectivity index (χ0n) is 13.9. The molecule has 3 aromatic rings. The van der Waals surface area contributed by atoms with Gasteiger partial charge in [0, 0.05) is 28.6 Å². The van der Waals surface area contributed by atoms with Crippen molar-refractivity contribution in [2.45, 2.75) is 39.5 Å². The summed E-state index contributed by atoms with van der Waals surface area (Å²) in [5, 5.41) is 6.65. The van der Waals surface area contributed by atoms with Crippen molar-refractivity contribution in [2.24, 2.45) is 0 Å². The Balaban J connectivity index is 1.84. The zero-order valence-corrected chi connectivity index (χ0v) is 14.7. The van der Waals surface area contributed by atoms with Crippen LogP contribution in [0.15, 0.2) is 23.6 Å². The summed E-state index contributed by atoms with van der Waals surface area (Å²) in [7, 11) is 0. The second-order valence-electron chi connectivity index (χ2n) is 6.31. The molecular weight excluding hydrogens is 320 g/mol. The fourth-order valence-electron chi connectivity index (χ4n) is 3.45. The third kappa shape index (κ3) is 2.47. The standard InChI is InChI=1S/C18H18N4OS/c1-10-7-11(2)20-18(19-10)22-14-8-13(16-5-4-6-24-16)9-15(23)17(14)12(3)21-22/h4-7,13H,8-9H2,1-3H3. The van der Waals surface area contributed by atoms with E-state index in [1.54, 1.807) is 16.0 Å². The highest BCUT2D eigenvalue weighted by Crippen LogP contribution is 2.36.